The second-order valence-electron chi connectivity index (χ2n) is 6.29. The van der Waals surface area contributed by atoms with E-state index in [9.17, 15) is 14.4 Å². The average Bonchev–Trinajstić information content (AvgIpc) is 3.24. The van der Waals surface area contributed by atoms with Crippen LogP contribution in [0.5, 0.6) is 0 Å². The van der Waals surface area contributed by atoms with Crippen molar-refractivity contribution in [3.63, 3.8) is 0 Å². The lowest BCUT2D eigenvalue weighted by molar-refractivity contribution is -0.139. The standard InChI is InChI=1S/C20H16N2O5S/c1-22-15-7-6-12(8-13(15)9-18(22)24)16(23)10-26-19(25)11-28-20-21-14-4-2-3-5-17(14)27-20/h2-8H,9-11H2,1H3. The number of carbonyl (C=O) groups excluding carboxylic acids is 3. The van der Waals surface area contributed by atoms with Crippen molar-refractivity contribution in [2.45, 2.75) is 11.6 Å². The van der Waals surface area contributed by atoms with Gasteiger partial charge in [-0.25, -0.2) is 4.98 Å². The number of hydrogen-bond acceptors (Lipinski definition) is 7. The number of thioether (sulfide) groups is 1. The largest absolute Gasteiger partial charge is 0.457 e. The Morgan fingerprint density at radius 1 is 1.25 bits per heavy atom. The van der Waals surface area contributed by atoms with E-state index in [1.807, 2.05) is 18.2 Å². The Balaban J connectivity index is 1.30. The number of likely N-dealkylation sites (N-methyl/N-ethyl adjacent to an activating group) is 1. The van der Waals surface area contributed by atoms with Gasteiger partial charge in [-0.1, -0.05) is 23.9 Å². The number of aromatic nitrogens is 1. The number of fused-ring (bicyclic) bond motifs is 2. The summed E-state index contributed by atoms with van der Waals surface area (Å²) in [5.41, 5.74) is 3.38. The zero-order valence-electron chi connectivity index (χ0n) is 15.0. The summed E-state index contributed by atoms with van der Waals surface area (Å²) in [7, 11) is 1.70. The highest BCUT2D eigenvalue weighted by atomic mass is 32.2. The van der Waals surface area contributed by atoms with Crippen molar-refractivity contribution in [2.24, 2.45) is 0 Å². The van der Waals surface area contributed by atoms with Crippen LogP contribution in [0.15, 0.2) is 52.1 Å². The first-order valence-corrected chi connectivity index (χ1v) is 9.56. The molecule has 7 nitrogen and oxygen atoms in total. The number of amides is 1. The maximum absolute atomic E-state index is 12.3. The lowest BCUT2D eigenvalue weighted by atomic mass is 10.1. The van der Waals surface area contributed by atoms with Gasteiger partial charge in [0.25, 0.3) is 5.22 Å². The van der Waals surface area contributed by atoms with Crippen molar-refractivity contribution in [2.75, 3.05) is 24.3 Å². The van der Waals surface area contributed by atoms with Gasteiger partial charge in [0.1, 0.15) is 11.3 Å². The van der Waals surface area contributed by atoms with Crippen LogP contribution in [0.4, 0.5) is 5.69 Å². The summed E-state index contributed by atoms with van der Waals surface area (Å²) in [5.74, 6) is -0.868. The molecule has 0 unspecified atom stereocenters. The minimum Gasteiger partial charge on any atom is -0.457 e. The van der Waals surface area contributed by atoms with E-state index in [0.717, 1.165) is 23.0 Å². The summed E-state index contributed by atoms with van der Waals surface area (Å²) < 4.78 is 10.6. The zero-order valence-corrected chi connectivity index (χ0v) is 15.8. The molecule has 1 aromatic heterocycles. The van der Waals surface area contributed by atoms with Crippen LogP contribution < -0.4 is 4.90 Å². The summed E-state index contributed by atoms with van der Waals surface area (Å²) >= 11 is 1.11. The van der Waals surface area contributed by atoms with Gasteiger partial charge >= 0.3 is 5.97 Å². The summed E-state index contributed by atoms with van der Waals surface area (Å²) in [4.78, 5) is 41.8. The van der Waals surface area contributed by atoms with E-state index in [4.69, 9.17) is 9.15 Å². The SMILES string of the molecule is CN1C(=O)Cc2cc(C(=O)COC(=O)CSc3nc4ccccc4o3)ccc21. The Bertz CT molecular complexity index is 1060. The van der Waals surface area contributed by atoms with Crippen LogP contribution in [-0.2, 0) is 20.7 Å². The van der Waals surface area contributed by atoms with E-state index in [1.165, 1.54) is 0 Å². The van der Waals surface area contributed by atoms with Gasteiger partial charge in [0.05, 0.1) is 6.42 Å². The highest BCUT2D eigenvalue weighted by Gasteiger charge is 2.25. The van der Waals surface area contributed by atoms with Crippen LogP contribution in [-0.4, -0.2) is 42.1 Å². The number of Topliss-reactive ketones (excluding diaryl/α,β-unsaturated/α-hetero) is 1. The number of hydrogen-bond donors (Lipinski definition) is 0. The van der Waals surface area contributed by atoms with Crippen LogP contribution in [0.1, 0.15) is 15.9 Å². The van der Waals surface area contributed by atoms with Crippen LogP contribution in [0.3, 0.4) is 0 Å². The molecule has 0 bridgehead atoms. The van der Waals surface area contributed by atoms with Crippen molar-refractivity contribution in [1.29, 1.82) is 0 Å². The molecule has 1 amide bonds. The number of ether oxygens (including phenoxy) is 1. The Kier molecular flexibility index (Phi) is 4.87. The highest BCUT2D eigenvalue weighted by molar-refractivity contribution is 7.99. The predicted octanol–water partition coefficient (Wildman–Crippen LogP) is 2.86. The fraction of sp³-hybridized carbons (Fsp3) is 0.200. The van der Waals surface area contributed by atoms with Gasteiger partial charge in [-0.05, 0) is 35.9 Å². The molecule has 0 radical (unpaired) electrons. The maximum atomic E-state index is 12.3. The van der Waals surface area contributed by atoms with Gasteiger partial charge in [-0.15, -0.1) is 0 Å². The lowest BCUT2D eigenvalue weighted by Gasteiger charge is -2.10. The van der Waals surface area contributed by atoms with Crippen LogP contribution in [0.2, 0.25) is 0 Å². The summed E-state index contributed by atoms with van der Waals surface area (Å²) in [6.07, 6.45) is 0.272. The molecular formula is C20H16N2O5S. The number of esters is 1. The normalized spacial score (nSPS) is 13.0. The van der Waals surface area contributed by atoms with Gasteiger partial charge in [0.15, 0.2) is 18.0 Å². The Morgan fingerprint density at radius 3 is 2.89 bits per heavy atom. The van der Waals surface area contributed by atoms with Crippen molar-refractivity contribution in [3.05, 3.63) is 53.6 Å². The molecular weight excluding hydrogens is 380 g/mol. The van der Waals surface area contributed by atoms with Gasteiger partial charge in [0, 0.05) is 18.3 Å². The zero-order chi connectivity index (χ0) is 19.7. The number of carbonyl (C=O) groups is 3. The van der Waals surface area contributed by atoms with Gasteiger partial charge in [0.2, 0.25) is 5.91 Å². The molecule has 8 heteroatoms. The van der Waals surface area contributed by atoms with E-state index in [-0.39, 0.29) is 30.5 Å². The van der Waals surface area contributed by atoms with E-state index in [2.05, 4.69) is 4.98 Å². The van der Waals surface area contributed by atoms with Crippen LogP contribution in [0, 0.1) is 0 Å². The van der Waals surface area contributed by atoms with E-state index in [0.29, 0.717) is 21.9 Å². The first-order chi connectivity index (χ1) is 13.5. The highest BCUT2D eigenvalue weighted by Crippen LogP contribution is 2.28. The fourth-order valence-electron chi connectivity index (χ4n) is 2.95. The lowest BCUT2D eigenvalue weighted by Crippen LogP contribution is -2.20. The van der Waals surface area contributed by atoms with Gasteiger partial charge < -0.3 is 14.1 Å². The van der Waals surface area contributed by atoms with E-state index < -0.39 is 5.97 Å². The molecule has 28 heavy (non-hydrogen) atoms. The Morgan fingerprint density at radius 2 is 2.07 bits per heavy atom. The summed E-state index contributed by atoms with van der Waals surface area (Å²) in [5, 5.41) is 0.372. The molecule has 1 aliphatic heterocycles. The van der Waals surface area contributed by atoms with Crippen LogP contribution >= 0.6 is 11.8 Å². The number of nitrogens with zero attached hydrogens (tertiary/aromatic N) is 2. The number of benzene rings is 2. The van der Waals surface area contributed by atoms with Gasteiger partial charge in [-0.3, -0.25) is 14.4 Å². The fourth-order valence-corrected chi connectivity index (χ4v) is 3.58. The second-order valence-corrected chi connectivity index (χ2v) is 7.22. The van der Waals surface area contributed by atoms with E-state index >= 15 is 0 Å². The average molecular weight is 396 g/mol. The predicted molar refractivity (Wildman–Crippen MR) is 104 cm³/mol. The third kappa shape index (κ3) is 3.63. The molecule has 0 N–H and O–H groups in total. The Labute approximate surface area is 164 Å². The second kappa shape index (κ2) is 7.47. The molecule has 3 aromatic rings. The topological polar surface area (TPSA) is 89.7 Å². The van der Waals surface area contributed by atoms with Crippen molar-refractivity contribution in [1.82, 2.24) is 4.98 Å². The quantitative estimate of drug-likeness (QED) is 0.359. The van der Waals surface area contributed by atoms with Gasteiger partial charge in [-0.2, -0.15) is 0 Å². The minimum atomic E-state index is -0.531. The molecule has 1 aliphatic rings. The Hall–Kier alpha value is -3.13. The number of anilines is 1. The van der Waals surface area contributed by atoms with Crippen molar-refractivity contribution < 1.29 is 23.5 Å². The third-order valence-corrected chi connectivity index (χ3v) is 5.23. The minimum absolute atomic E-state index is 0.0103. The van der Waals surface area contributed by atoms with Crippen LogP contribution in [0.25, 0.3) is 11.1 Å². The van der Waals surface area contributed by atoms with Crippen molar-refractivity contribution >= 4 is 46.2 Å². The number of ketones is 1. The first kappa shape index (κ1) is 18.2. The summed E-state index contributed by atoms with van der Waals surface area (Å²) in [6.45, 7) is -0.352. The maximum Gasteiger partial charge on any atom is 0.316 e. The number of rotatable bonds is 6. The molecule has 0 fully saturated rings. The number of oxazole rings is 1. The molecule has 0 saturated heterocycles. The molecule has 2 heterocycles. The van der Waals surface area contributed by atoms with E-state index in [1.54, 1.807) is 36.2 Å². The first-order valence-electron chi connectivity index (χ1n) is 8.58. The molecule has 142 valence electrons. The third-order valence-electron chi connectivity index (χ3n) is 4.43. The smallest absolute Gasteiger partial charge is 0.316 e. The van der Waals surface area contributed by atoms with Crippen molar-refractivity contribution in [3.8, 4) is 0 Å². The molecule has 4 rings (SSSR count). The molecule has 0 spiro atoms. The molecule has 2 aromatic carbocycles. The molecule has 0 atom stereocenters. The molecule has 0 saturated carbocycles. The molecule has 0 aliphatic carbocycles. The number of para-hydroxylation sites is 2. The monoisotopic (exact) mass is 396 g/mol. The summed E-state index contributed by atoms with van der Waals surface area (Å²) in [6, 6.07) is 12.4.